The second-order valence-electron chi connectivity index (χ2n) is 5.01. The van der Waals surface area contributed by atoms with E-state index in [2.05, 4.69) is 20.8 Å². The van der Waals surface area contributed by atoms with E-state index >= 15 is 0 Å². The van der Waals surface area contributed by atoms with E-state index in [1.54, 1.807) is 12.1 Å². The molecule has 0 bridgehead atoms. The minimum absolute atomic E-state index is 0.0987. The Hall–Kier alpha value is -3.16. The summed E-state index contributed by atoms with van der Waals surface area (Å²) in [6, 6.07) is 9.91. The highest BCUT2D eigenvalue weighted by Crippen LogP contribution is 2.10. The van der Waals surface area contributed by atoms with Gasteiger partial charge in [-0.2, -0.15) is 5.10 Å². The van der Waals surface area contributed by atoms with Gasteiger partial charge in [0.05, 0.1) is 0 Å². The summed E-state index contributed by atoms with van der Waals surface area (Å²) in [4.78, 5) is 34.2. The maximum atomic E-state index is 11.7. The Morgan fingerprint density at radius 1 is 1.08 bits per heavy atom. The summed E-state index contributed by atoms with van der Waals surface area (Å²) in [6.45, 7) is 2.35. The highest BCUT2D eigenvalue weighted by Gasteiger charge is 2.07. The molecule has 0 aliphatic rings. The number of aromatic amines is 1. The molecule has 0 radical (unpaired) electrons. The van der Waals surface area contributed by atoms with Gasteiger partial charge in [-0.15, -0.1) is 0 Å². The van der Waals surface area contributed by atoms with Crippen LogP contribution in [0.2, 0.25) is 0 Å². The van der Waals surface area contributed by atoms with E-state index in [1.807, 2.05) is 19.1 Å². The highest BCUT2D eigenvalue weighted by atomic mass is 16.5. The third kappa shape index (κ3) is 5.56. The lowest BCUT2D eigenvalue weighted by Gasteiger charge is -2.08. The Labute approximate surface area is 138 Å². The minimum atomic E-state index is -0.434. The second-order valence-corrected chi connectivity index (χ2v) is 5.01. The predicted octanol–water partition coefficient (Wildman–Crippen LogP) is 0.00332. The van der Waals surface area contributed by atoms with Crippen molar-refractivity contribution < 1.29 is 14.3 Å². The topological polar surface area (TPSA) is 113 Å². The molecule has 2 rings (SSSR count). The van der Waals surface area contributed by atoms with Crippen LogP contribution in [0.4, 0.5) is 0 Å². The van der Waals surface area contributed by atoms with Crippen molar-refractivity contribution in [2.75, 3.05) is 19.7 Å². The molecule has 0 saturated heterocycles. The van der Waals surface area contributed by atoms with Crippen LogP contribution >= 0.6 is 0 Å². The molecule has 0 atom stereocenters. The average Bonchev–Trinajstić information content (AvgIpc) is 2.58. The number of aromatic nitrogens is 2. The number of carbonyl (C=O) groups is 2. The fraction of sp³-hybridized carbons (Fsp3) is 0.250. The third-order valence-corrected chi connectivity index (χ3v) is 3.04. The van der Waals surface area contributed by atoms with Crippen LogP contribution in [-0.2, 0) is 4.79 Å². The summed E-state index contributed by atoms with van der Waals surface area (Å²) in [5.41, 5.74) is 0.829. The number of rotatable bonds is 7. The minimum Gasteiger partial charge on any atom is -0.484 e. The average molecular weight is 330 g/mol. The Morgan fingerprint density at radius 3 is 2.46 bits per heavy atom. The van der Waals surface area contributed by atoms with E-state index in [-0.39, 0.29) is 36.9 Å². The molecular weight excluding hydrogens is 312 g/mol. The van der Waals surface area contributed by atoms with Crippen molar-refractivity contribution in [3.63, 3.8) is 0 Å². The lowest BCUT2D eigenvalue weighted by Crippen LogP contribution is -2.37. The number of carbonyl (C=O) groups excluding carboxylic acids is 2. The Kier molecular flexibility index (Phi) is 6.07. The van der Waals surface area contributed by atoms with E-state index in [9.17, 15) is 14.4 Å². The molecular formula is C16H18N4O4. The van der Waals surface area contributed by atoms with Gasteiger partial charge in [0, 0.05) is 19.2 Å². The fourth-order valence-electron chi connectivity index (χ4n) is 1.77. The first-order valence-electron chi connectivity index (χ1n) is 7.35. The van der Waals surface area contributed by atoms with E-state index in [1.165, 1.54) is 12.1 Å². The van der Waals surface area contributed by atoms with Gasteiger partial charge in [-0.25, -0.2) is 5.10 Å². The molecule has 1 heterocycles. The van der Waals surface area contributed by atoms with Crippen LogP contribution in [-0.4, -0.2) is 41.7 Å². The quantitative estimate of drug-likeness (QED) is 0.619. The maximum Gasteiger partial charge on any atom is 0.271 e. The number of ether oxygens (including phenoxy) is 1. The van der Waals surface area contributed by atoms with Gasteiger partial charge in [-0.1, -0.05) is 17.7 Å². The van der Waals surface area contributed by atoms with Crippen LogP contribution in [0.25, 0.3) is 0 Å². The van der Waals surface area contributed by atoms with Gasteiger partial charge in [-0.3, -0.25) is 14.4 Å². The fourth-order valence-corrected chi connectivity index (χ4v) is 1.77. The molecule has 0 saturated carbocycles. The summed E-state index contributed by atoms with van der Waals surface area (Å²) < 4.78 is 5.34. The first kappa shape index (κ1) is 17.2. The number of benzene rings is 1. The number of hydrogen-bond donors (Lipinski definition) is 3. The summed E-state index contributed by atoms with van der Waals surface area (Å²) >= 11 is 0. The zero-order valence-electron chi connectivity index (χ0n) is 13.2. The Balaban J connectivity index is 1.63. The smallest absolute Gasteiger partial charge is 0.271 e. The molecule has 126 valence electrons. The van der Waals surface area contributed by atoms with Crippen LogP contribution in [0.5, 0.6) is 5.75 Å². The largest absolute Gasteiger partial charge is 0.484 e. The van der Waals surface area contributed by atoms with E-state index < -0.39 is 5.91 Å². The maximum absolute atomic E-state index is 11.7. The van der Waals surface area contributed by atoms with Crippen molar-refractivity contribution in [2.45, 2.75) is 6.92 Å². The molecule has 8 heteroatoms. The highest BCUT2D eigenvalue weighted by molar-refractivity contribution is 5.92. The zero-order chi connectivity index (χ0) is 17.4. The summed E-state index contributed by atoms with van der Waals surface area (Å²) in [5.74, 6) is -0.100. The van der Waals surface area contributed by atoms with Crippen molar-refractivity contribution in [3.8, 4) is 5.75 Å². The second kappa shape index (κ2) is 8.47. The summed E-state index contributed by atoms with van der Waals surface area (Å²) in [7, 11) is 0. The monoisotopic (exact) mass is 330 g/mol. The van der Waals surface area contributed by atoms with Crippen LogP contribution in [0, 0.1) is 6.92 Å². The van der Waals surface area contributed by atoms with Crippen molar-refractivity contribution in [1.82, 2.24) is 20.8 Å². The van der Waals surface area contributed by atoms with E-state index in [4.69, 9.17) is 4.74 Å². The van der Waals surface area contributed by atoms with Crippen molar-refractivity contribution >= 4 is 11.8 Å². The lowest BCUT2D eigenvalue weighted by molar-refractivity contribution is -0.123. The molecule has 2 aromatic rings. The molecule has 0 fully saturated rings. The molecule has 0 aliphatic heterocycles. The number of H-pyrrole nitrogens is 1. The number of nitrogens with zero attached hydrogens (tertiary/aromatic N) is 1. The Bertz CT molecular complexity index is 735. The number of aryl methyl sites for hydroxylation is 1. The van der Waals surface area contributed by atoms with E-state index in [0.29, 0.717) is 5.75 Å². The third-order valence-electron chi connectivity index (χ3n) is 3.04. The summed E-state index contributed by atoms with van der Waals surface area (Å²) in [6.07, 6.45) is 0. The van der Waals surface area contributed by atoms with Crippen molar-refractivity contribution in [2.24, 2.45) is 0 Å². The molecule has 8 nitrogen and oxygen atoms in total. The molecule has 0 spiro atoms. The van der Waals surface area contributed by atoms with Gasteiger partial charge < -0.3 is 15.4 Å². The predicted molar refractivity (Wildman–Crippen MR) is 86.9 cm³/mol. The van der Waals surface area contributed by atoms with E-state index in [0.717, 1.165) is 5.56 Å². The lowest BCUT2D eigenvalue weighted by atomic mass is 10.2. The molecule has 24 heavy (non-hydrogen) atoms. The molecule has 3 N–H and O–H groups in total. The standard InChI is InChI=1S/C16H18N4O4/c1-11-2-4-12(5-3-11)24-10-15(22)17-8-9-18-16(23)13-6-7-14(21)20-19-13/h2-7H,8-10H2,1H3,(H,17,22)(H,18,23)(H,20,21). The molecule has 0 aliphatic carbocycles. The van der Waals surface area contributed by atoms with Crippen LogP contribution in [0.15, 0.2) is 41.2 Å². The van der Waals surface area contributed by atoms with Gasteiger partial charge in [0.1, 0.15) is 11.4 Å². The van der Waals surface area contributed by atoms with Crippen LogP contribution < -0.4 is 20.9 Å². The van der Waals surface area contributed by atoms with Crippen LogP contribution in [0.1, 0.15) is 16.1 Å². The number of hydrogen-bond acceptors (Lipinski definition) is 5. The van der Waals surface area contributed by atoms with Gasteiger partial charge in [-0.05, 0) is 25.1 Å². The molecule has 1 aromatic carbocycles. The normalized spacial score (nSPS) is 10.0. The zero-order valence-corrected chi connectivity index (χ0v) is 13.2. The Morgan fingerprint density at radius 2 is 1.79 bits per heavy atom. The van der Waals surface area contributed by atoms with Gasteiger partial charge in [0.15, 0.2) is 6.61 Å². The molecule has 2 amide bonds. The van der Waals surface area contributed by atoms with Crippen LogP contribution in [0.3, 0.4) is 0 Å². The van der Waals surface area contributed by atoms with Gasteiger partial charge in [0.2, 0.25) is 0 Å². The SMILES string of the molecule is Cc1ccc(OCC(=O)NCCNC(=O)c2ccc(=O)[nH]n2)cc1. The van der Waals surface area contributed by atoms with Crippen molar-refractivity contribution in [3.05, 3.63) is 58.0 Å². The molecule has 0 unspecified atom stereocenters. The van der Waals surface area contributed by atoms with Gasteiger partial charge >= 0.3 is 0 Å². The molecule has 1 aromatic heterocycles. The number of amides is 2. The van der Waals surface area contributed by atoms with Gasteiger partial charge in [0.25, 0.3) is 17.4 Å². The number of nitrogens with one attached hydrogen (secondary N) is 3. The first-order chi connectivity index (χ1) is 11.5. The van der Waals surface area contributed by atoms with Crippen molar-refractivity contribution in [1.29, 1.82) is 0 Å². The first-order valence-corrected chi connectivity index (χ1v) is 7.35. The summed E-state index contributed by atoms with van der Waals surface area (Å²) in [5, 5.41) is 11.0.